The van der Waals surface area contributed by atoms with Gasteiger partial charge in [0, 0.05) is 32.2 Å². The molecule has 0 radical (unpaired) electrons. The Kier molecular flexibility index (Phi) is 8.98. The van der Waals surface area contributed by atoms with Crippen molar-refractivity contribution in [3.05, 3.63) is 53.1 Å². The van der Waals surface area contributed by atoms with E-state index in [1.165, 1.54) is 29.5 Å². The van der Waals surface area contributed by atoms with Gasteiger partial charge in [-0.05, 0) is 37.1 Å². The Morgan fingerprint density at radius 3 is 2.63 bits per heavy atom. The Hall–Kier alpha value is -2.40. The van der Waals surface area contributed by atoms with Crippen LogP contribution in [0, 0.1) is 13.8 Å². The number of fused-ring (bicyclic) bond motifs is 1. The first-order valence-electron chi connectivity index (χ1n) is 11.0. The van der Waals surface area contributed by atoms with Gasteiger partial charge in [0.25, 0.3) is 0 Å². The normalized spacial score (nSPS) is 14.5. The van der Waals surface area contributed by atoms with E-state index in [0.717, 1.165) is 29.8 Å². The summed E-state index contributed by atoms with van der Waals surface area (Å²) in [6.45, 7) is 7.92. The fourth-order valence-corrected chi connectivity index (χ4v) is 4.88. The Morgan fingerprint density at radius 2 is 1.91 bits per heavy atom. The number of amides is 1. The van der Waals surface area contributed by atoms with Gasteiger partial charge in [-0.1, -0.05) is 35.1 Å². The maximum absolute atomic E-state index is 13.5. The first-order chi connectivity index (χ1) is 16.2. The molecular formula is C24H27ClF3N3O3S. The van der Waals surface area contributed by atoms with Crippen LogP contribution in [0.1, 0.15) is 16.7 Å². The highest BCUT2D eigenvalue weighted by molar-refractivity contribution is 7.22. The van der Waals surface area contributed by atoms with Gasteiger partial charge < -0.3 is 9.47 Å². The van der Waals surface area contributed by atoms with E-state index >= 15 is 0 Å². The number of carbonyl (C=O) groups is 1. The van der Waals surface area contributed by atoms with Gasteiger partial charge in [-0.3, -0.25) is 14.6 Å². The van der Waals surface area contributed by atoms with Crippen LogP contribution in [-0.4, -0.2) is 61.5 Å². The molecule has 11 heteroatoms. The number of benzene rings is 2. The monoisotopic (exact) mass is 529 g/mol. The molecule has 0 spiro atoms. The number of hydrogen-bond donors (Lipinski definition) is 0. The average molecular weight is 530 g/mol. The van der Waals surface area contributed by atoms with Crippen LogP contribution in [0.5, 0.6) is 5.75 Å². The number of hydrogen-bond acceptors (Lipinski definition) is 6. The molecule has 1 fully saturated rings. The summed E-state index contributed by atoms with van der Waals surface area (Å²) in [5, 5.41) is 0.461. The molecule has 1 saturated heterocycles. The maximum atomic E-state index is 13.5. The van der Waals surface area contributed by atoms with Crippen molar-refractivity contribution in [3.63, 3.8) is 0 Å². The van der Waals surface area contributed by atoms with Crippen LogP contribution in [0.3, 0.4) is 0 Å². The molecule has 1 amide bonds. The summed E-state index contributed by atoms with van der Waals surface area (Å²) in [5.74, 6) is -0.412. The molecule has 2 heterocycles. The van der Waals surface area contributed by atoms with Crippen LogP contribution >= 0.6 is 23.7 Å². The molecule has 2 aromatic carbocycles. The van der Waals surface area contributed by atoms with E-state index < -0.39 is 6.36 Å². The highest BCUT2D eigenvalue weighted by atomic mass is 35.5. The van der Waals surface area contributed by atoms with E-state index in [1.54, 1.807) is 4.90 Å². The number of aryl methyl sites for hydroxylation is 2. The van der Waals surface area contributed by atoms with E-state index in [9.17, 15) is 18.0 Å². The van der Waals surface area contributed by atoms with Crippen LogP contribution in [0.2, 0.25) is 0 Å². The average Bonchev–Trinajstić information content (AvgIpc) is 3.19. The van der Waals surface area contributed by atoms with Gasteiger partial charge in [0.2, 0.25) is 5.91 Å². The Labute approximate surface area is 212 Å². The smallest absolute Gasteiger partial charge is 0.406 e. The third kappa shape index (κ3) is 7.30. The van der Waals surface area contributed by atoms with Crippen molar-refractivity contribution in [2.24, 2.45) is 0 Å². The van der Waals surface area contributed by atoms with Crippen LogP contribution in [-0.2, 0) is 16.0 Å². The summed E-state index contributed by atoms with van der Waals surface area (Å²) < 4.78 is 47.8. The van der Waals surface area contributed by atoms with Crippen molar-refractivity contribution >= 4 is 45.0 Å². The lowest BCUT2D eigenvalue weighted by atomic mass is 10.0. The predicted molar refractivity (Wildman–Crippen MR) is 133 cm³/mol. The van der Waals surface area contributed by atoms with E-state index in [1.807, 2.05) is 32.0 Å². The third-order valence-electron chi connectivity index (χ3n) is 5.70. The number of ether oxygens (including phenoxy) is 2. The van der Waals surface area contributed by atoms with Gasteiger partial charge in [-0.15, -0.1) is 25.6 Å². The van der Waals surface area contributed by atoms with E-state index in [2.05, 4.69) is 14.6 Å². The fourth-order valence-electron chi connectivity index (χ4n) is 3.85. The zero-order valence-electron chi connectivity index (χ0n) is 19.4. The zero-order valence-corrected chi connectivity index (χ0v) is 21.1. The quantitative estimate of drug-likeness (QED) is 0.424. The van der Waals surface area contributed by atoms with Gasteiger partial charge in [-0.2, -0.15) is 0 Å². The second-order valence-electron chi connectivity index (χ2n) is 8.28. The van der Waals surface area contributed by atoms with E-state index in [0.29, 0.717) is 41.7 Å². The van der Waals surface area contributed by atoms with E-state index in [-0.39, 0.29) is 30.5 Å². The Morgan fingerprint density at radius 1 is 1.17 bits per heavy atom. The highest BCUT2D eigenvalue weighted by Gasteiger charge is 2.31. The Balaban J connectivity index is 0.00000342. The number of alkyl halides is 3. The maximum Gasteiger partial charge on any atom is 0.573 e. The zero-order chi connectivity index (χ0) is 24.3. The molecule has 0 saturated carbocycles. The lowest BCUT2D eigenvalue weighted by molar-refractivity contribution is -0.274. The highest BCUT2D eigenvalue weighted by Crippen LogP contribution is 2.33. The summed E-state index contributed by atoms with van der Waals surface area (Å²) in [6.07, 6.45) is -4.55. The minimum atomic E-state index is -4.77. The molecule has 0 atom stereocenters. The standard InChI is InChI=1S/C24H26F3N3O3S.ClH/c1-16-3-4-17(2)18(13-16)14-22(31)30(8-7-29-9-11-32-12-10-29)23-28-20-6-5-19(15-21(20)34-23)33-24(25,26)27;/h3-6,13,15H,7-12,14H2,1-2H3;1H. The lowest BCUT2D eigenvalue weighted by Gasteiger charge is -2.29. The molecule has 35 heavy (non-hydrogen) atoms. The Bertz CT molecular complexity index is 1170. The topological polar surface area (TPSA) is 54.9 Å². The van der Waals surface area contributed by atoms with Crippen molar-refractivity contribution in [2.75, 3.05) is 44.3 Å². The summed E-state index contributed by atoms with van der Waals surface area (Å²) in [7, 11) is 0. The molecule has 3 aromatic rings. The number of morpholine rings is 1. The molecule has 1 aliphatic heterocycles. The number of nitrogens with zero attached hydrogens (tertiary/aromatic N) is 3. The number of anilines is 1. The minimum Gasteiger partial charge on any atom is -0.406 e. The molecule has 1 aromatic heterocycles. The second kappa shape index (κ2) is 11.6. The van der Waals surface area contributed by atoms with Crippen LogP contribution < -0.4 is 9.64 Å². The fraction of sp³-hybridized carbons (Fsp3) is 0.417. The number of carbonyl (C=O) groups excluding carboxylic acids is 1. The molecule has 4 rings (SSSR count). The predicted octanol–water partition coefficient (Wildman–Crippen LogP) is 5.14. The van der Waals surface area contributed by atoms with Gasteiger partial charge in [0.15, 0.2) is 5.13 Å². The summed E-state index contributed by atoms with van der Waals surface area (Å²) in [4.78, 5) is 21.9. The van der Waals surface area contributed by atoms with Gasteiger partial charge in [-0.25, -0.2) is 4.98 Å². The SMILES string of the molecule is Cc1ccc(C)c(CC(=O)N(CCN2CCOCC2)c2nc3ccc(OC(F)(F)F)cc3s2)c1.Cl. The second-order valence-corrected chi connectivity index (χ2v) is 9.29. The van der Waals surface area contributed by atoms with Gasteiger partial charge >= 0.3 is 6.36 Å². The number of rotatable bonds is 7. The first-order valence-corrected chi connectivity index (χ1v) is 11.8. The molecule has 0 unspecified atom stereocenters. The molecular weight excluding hydrogens is 503 g/mol. The van der Waals surface area contributed by atoms with Gasteiger partial charge in [0.1, 0.15) is 5.75 Å². The van der Waals surface area contributed by atoms with Gasteiger partial charge in [0.05, 0.1) is 29.9 Å². The minimum absolute atomic E-state index is 0. The molecule has 6 nitrogen and oxygen atoms in total. The molecule has 0 N–H and O–H groups in total. The summed E-state index contributed by atoms with van der Waals surface area (Å²) in [6, 6.07) is 10.0. The van der Waals surface area contributed by atoms with Crippen molar-refractivity contribution in [1.82, 2.24) is 9.88 Å². The molecule has 0 aliphatic carbocycles. The molecule has 1 aliphatic rings. The van der Waals surface area contributed by atoms with Crippen LogP contribution in [0.4, 0.5) is 18.3 Å². The summed E-state index contributed by atoms with van der Waals surface area (Å²) >= 11 is 1.18. The number of aromatic nitrogens is 1. The lowest BCUT2D eigenvalue weighted by Crippen LogP contribution is -2.43. The number of thiazole rings is 1. The van der Waals surface area contributed by atoms with Crippen LogP contribution in [0.15, 0.2) is 36.4 Å². The number of halogens is 4. The summed E-state index contributed by atoms with van der Waals surface area (Å²) in [5.41, 5.74) is 3.57. The first kappa shape index (κ1) is 27.2. The van der Waals surface area contributed by atoms with Crippen molar-refractivity contribution in [1.29, 1.82) is 0 Å². The molecule has 0 bridgehead atoms. The largest absolute Gasteiger partial charge is 0.573 e. The van der Waals surface area contributed by atoms with E-state index in [4.69, 9.17) is 4.74 Å². The van der Waals surface area contributed by atoms with Crippen molar-refractivity contribution in [3.8, 4) is 5.75 Å². The van der Waals surface area contributed by atoms with Crippen molar-refractivity contribution < 1.29 is 27.4 Å². The van der Waals surface area contributed by atoms with Crippen molar-refractivity contribution in [2.45, 2.75) is 26.6 Å². The van der Waals surface area contributed by atoms with Crippen LogP contribution in [0.25, 0.3) is 10.2 Å². The molecule has 190 valence electrons. The third-order valence-corrected chi connectivity index (χ3v) is 6.75.